The normalized spacial score (nSPS) is 13.0. The van der Waals surface area contributed by atoms with Gasteiger partial charge in [-0.15, -0.1) is 0 Å². The molecule has 0 aliphatic heterocycles. The Morgan fingerprint density at radius 3 is 2.09 bits per heavy atom. The molecule has 0 aromatic heterocycles. The fourth-order valence-corrected chi connectivity index (χ4v) is 3.06. The number of para-hydroxylation sites is 1. The molecule has 0 bridgehead atoms. The van der Waals surface area contributed by atoms with Crippen molar-refractivity contribution in [2.45, 2.75) is 9.83 Å². The first-order valence-electron chi connectivity index (χ1n) is 6.92. The Kier molecular flexibility index (Phi) is 4.49. The molecule has 0 saturated carbocycles. The second-order valence-corrected chi connectivity index (χ2v) is 7.42. The zero-order chi connectivity index (χ0) is 15.6. The number of rotatable bonds is 3. The molecule has 0 amide bonds. The van der Waals surface area contributed by atoms with Crippen LogP contribution in [0.25, 0.3) is 10.8 Å². The number of benzene rings is 3. The van der Waals surface area contributed by atoms with Gasteiger partial charge in [-0.2, -0.15) is 0 Å². The van der Waals surface area contributed by atoms with Crippen LogP contribution < -0.4 is 5.32 Å². The van der Waals surface area contributed by atoms with Crippen molar-refractivity contribution in [2.24, 2.45) is 0 Å². The van der Waals surface area contributed by atoms with Crippen LogP contribution in [0.15, 0.2) is 72.8 Å². The van der Waals surface area contributed by atoms with Crippen molar-refractivity contribution in [1.29, 1.82) is 0 Å². The summed E-state index contributed by atoms with van der Waals surface area (Å²) in [5, 5.41) is 5.52. The van der Waals surface area contributed by atoms with Crippen LogP contribution in [0.5, 0.6) is 0 Å². The van der Waals surface area contributed by atoms with Gasteiger partial charge in [-0.25, -0.2) is 0 Å². The molecule has 1 N–H and O–H groups in total. The maximum Gasteiger partial charge on any atom is 0.214 e. The molecule has 0 fully saturated rings. The third-order valence-electron chi connectivity index (χ3n) is 3.55. The van der Waals surface area contributed by atoms with Gasteiger partial charge in [0.15, 0.2) is 0 Å². The zero-order valence-corrected chi connectivity index (χ0v) is 13.9. The summed E-state index contributed by atoms with van der Waals surface area (Å²) in [7, 11) is 0. The lowest BCUT2D eigenvalue weighted by Gasteiger charge is -2.28. The standard InChI is InChI=1S/C18H14Cl3N/c19-18(20,21)17(22-14-9-2-1-3-10-14)16-12-6-8-13-7-4-5-11-15(13)16/h1-12,17,22H. The van der Waals surface area contributed by atoms with Gasteiger partial charge in [-0.3, -0.25) is 0 Å². The first kappa shape index (κ1) is 15.5. The Morgan fingerprint density at radius 1 is 0.727 bits per heavy atom. The summed E-state index contributed by atoms with van der Waals surface area (Å²) in [6, 6.07) is 23.4. The smallest absolute Gasteiger partial charge is 0.214 e. The molecular formula is C18H14Cl3N. The molecule has 1 atom stereocenters. The molecule has 0 aliphatic rings. The van der Waals surface area contributed by atoms with Crippen molar-refractivity contribution >= 4 is 51.3 Å². The van der Waals surface area contributed by atoms with Crippen LogP contribution in [0.4, 0.5) is 5.69 Å². The van der Waals surface area contributed by atoms with E-state index < -0.39 is 9.83 Å². The SMILES string of the molecule is ClC(Cl)(Cl)C(Nc1ccccc1)c1cccc2ccccc12. The number of fused-ring (bicyclic) bond motifs is 1. The molecule has 0 spiro atoms. The topological polar surface area (TPSA) is 12.0 Å². The zero-order valence-electron chi connectivity index (χ0n) is 11.6. The molecule has 4 heteroatoms. The molecule has 22 heavy (non-hydrogen) atoms. The molecule has 3 aromatic carbocycles. The number of nitrogens with one attached hydrogen (secondary N) is 1. The maximum absolute atomic E-state index is 6.25. The molecule has 3 rings (SSSR count). The van der Waals surface area contributed by atoms with Gasteiger partial charge in [-0.05, 0) is 28.5 Å². The number of anilines is 1. The Balaban J connectivity index is 2.09. The maximum atomic E-state index is 6.25. The monoisotopic (exact) mass is 349 g/mol. The van der Waals surface area contributed by atoms with E-state index in [4.69, 9.17) is 34.8 Å². The summed E-state index contributed by atoms with van der Waals surface area (Å²) in [5.41, 5.74) is 1.87. The number of hydrogen-bond acceptors (Lipinski definition) is 1. The lowest BCUT2D eigenvalue weighted by Crippen LogP contribution is -2.25. The van der Waals surface area contributed by atoms with Crippen LogP contribution in [0, 0.1) is 0 Å². The first-order chi connectivity index (χ1) is 10.6. The highest BCUT2D eigenvalue weighted by molar-refractivity contribution is 6.68. The van der Waals surface area contributed by atoms with Gasteiger partial charge >= 0.3 is 0 Å². The van der Waals surface area contributed by atoms with Gasteiger partial charge in [0.1, 0.15) is 0 Å². The molecule has 1 nitrogen and oxygen atoms in total. The second kappa shape index (κ2) is 6.37. The van der Waals surface area contributed by atoms with Crippen LogP contribution in [0.2, 0.25) is 0 Å². The van der Waals surface area contributed by atoms with Crippen molar-refractivity contribution < 1.29 is 0 Å². The minimum atomic E-state index is -1.47. The summed E-state index contributed by atoms with van der Waals surface area (Å²) in [6.45, 7) is 0. The number of halogens is 3. The Morgan fingerprint density at radius 2 is 1.36 bits per heavy atom. The van der Waals surface area contributed by atoms with E-state index in [9.17, 15) is 0 Å². The second-order valence-electron chi connectivity index (χ2n) is 5.05. The van der Waals surface area contributed by atoms with Crippen molar-refractivity contribution in [3.05, 3.63) is 78.4 Å². The van der Waals surface area contributed by atoms with Crippen LogP contribution in [-0.4, -0.2) is 3.79 Å². The van der Waals surface area contributed by atoms with E-state index in [1.165, 1.54) is 0 Å². The molecule has 0 radical (unpaired) electrons. The summed E-state index contributed by atoms with van der Waals surface area (Å²) in [6.07, 6.45) is 0. The summed E-state index contributed by atoms with van der Waals surface area (Å²) < 4.78 is -1.47. The van der Waals surface area contributed by atoms with Crippen LogP contribution in [-0.2, 0) is 0 Å². The van der Waals surface area contributed by atoms with E-state index in [1.807, 2.05) is 60.7 Å². The van der Waals surface area contributed by atoms with Crippen LogP contribution in [0.1, 0.15) is 11.6 Å². The van der Waals surface area contributed by atoms with Gasteiger partial charge in [0, 0.05) is 5.69 Å². The number of hydrogen-bond donors (Lipinski definition) is 1. The molecule has 3 aromatic rings. The molecule has 112 valence electrons. The third kappa shape index (κ3) is 3.33. The average molecular weight is 351 g/mol. The fraction of sp³-hybridized carbons (Fsp3) is 0.111. The predicted octanol–water partition coefficient (Wildman–Crippen LogP) is 6.36. The molecule has 0 saturated heterocycles. The van der Waals surface area contributed by atoms with E-state index in [-0.39, 0.29) is 0 Å². The van der Waals surface area contributed by atoms with E-state index in [1.54, 1.807) is 0 Å². The van der Waals surface area contributed by atoms with E-state index in [0.29, 0.717) is 0 Å². The summed E-state index contributed by atoms with van der Waals surface area (Å²) >= 11 is 18.8. The Hall–Kier alpha value is -1.41. The molecule has 1 unspecified atom stereocenters. The lowest BCUT2D eigenvalue weighted by molar-refractivity contribution is 0.814. The van der Waals surface area contributed by atoms with Crippen molar-refractivity contribution in [2.75, 3.05) is 5.32 Å². The van der Waals surface area contributed by atoms with Gasteiger partial charge < -0.3 is 5.32 Å². The van der Waals surface area contributed by atoms with Gasteiger partial charge in [0.25, 0.3) is 0 Å². The van der Waals surface area contributed by atoms with Crippen molar-refractivity contribution in [3.8, 4) is 0 Å². The third-order valence-corrected chi connectivity index (χ3v) is 4.20. The molecule has 0 aliphatic carbocycles. The number of alkyl halides is 3. The van der Waals surface area contributed by atoms with Gasteiger partial charge in [0.05, 0.1) is 6.04 Å². The predicted molar refractivity (Wildman–Crippen MR) is 97.0 cm³/mol. The summed E-state index contributed by atoms with van der Waals surface area (Å²) in [5.74, 6) is 0. The van der Waals surface area contributed by atoms with Crippen molar-refractivity contribution in [1.82, 2.24) is 0 Å². The highest BCUT2D eigenvalue weighted by Crippen LogP contribution is 2.43. The van der Waals surface area contributed by atoms with E-state index >= 15 is 0 Å². The quantitative estimate of drug-likeness (QED) is 0.542. The lowest BCUT2D eigenvalue weighted by atomic mass is 9.99. The minimum Gasteiger partial charge on any atom is -0.374 e. The fourth-order valence-electron chi connectivity index (χ4n) is 2.54. The highest BCUT2D eigenvalue weighted by atomic mass is 35.6. The Bertz CT molecular complexity index is 761. The van der Waals surface area contributed by atoms with Gasteiger partial charge in [0.2, 0.25) is 3.79 Å². The molecule has 0 heterocycles. The van der Waals surface area contributed by atoms with E-state index in [2.05, 4.69) is 17.4 Å². The van der Waals surface area contributed by atoms with Crippen LogP contribution in [0.3, 0.4) is 0 Å². The molecular weight excluding hydrogens is 337 g/mol. The largest absolute Gasteiger partial charge is 0.374 e. The van der Waals surface area contributed by atoms with Crippen LogP contribution >= 0.6 is 34.8 Å². The highest BCUT2D eigenvalue weighted by Gasteiger charge is 2.34. The van der Waals surface area contributed by atoms with Crippen molar-refractivity contribution in [3.63, 3.8) is 0 Å². The van der Waals surface area contributed by atoms with E-state index in [0.717, 1.165) is 22.0 Å². The average Bonchev–Trinajstić information content (AvgIpc) is 2.52. The van der Waals surface area contributed by atoms with Gasteiger partial charge in [-0.1, -0.05) is 95.5 Å². The summed E-state index contributed by atoms with van der Waals surface area (Å²) in [4.78, 5) is 0. The first-order valence-corrected chi connectivity index (χ1v) is 8.05. The minimum absolute atomic E-state index is 0.453. The Labute approximate surface area is 144 Å².